The summed E-state index contributed by atoms with van der Waals surface area (Å²) in [5.74, 6) is 0.932. The topological polar surface area (TPSA) is 59.8 Å². The van der Waals surface area contributed by atoms with Gasteiger partial charge < -0.3 is 5.32 Å². The van der Waals surface area contributed by atoms with Crippen LogP contribution in [-0.4, -0.2) is 20.7 Å². The average molecular weight is 403 g/mol. The second-order valence-electron chi connectivity index (χ2n) is 6.74. The molecule has 144 valence electrons. The third-order valence-electron chi connectivity index (χ3n) is 4.53. The first-order chi connectivity index (χ1) is 14.0. The number of para-hydroxylation sites is 1. The number of rotatable bonds is 4. The molecule has 0 saturated heterocycles. The summed E-state index contributed by atoms with van der Waals surface area (Å²) in [6.07, 6.45) is 3.14. The van der Waals surface area contributed by atoms with E-state index in [0.29, 0.717) is 16.7 Å². The maximum atomic E-state index is 12.5. The molecule has 0 aliphatic carbocycles. The van der Waals surface area contributed by atoms with E-state index in [4.69, 9.17) is 16.6 Å². The summed E-state index contributed by atoms with van der Waals surface area (Å²) in [6.45, 7) is 3.91. The van der Waals surface area contributed by atoms with Crippen molar-refractivity contribution in [1.29, 1.82) is 0 Å². The van der Waals surface area contributed by atoms with Crippen molar-refractivity contribution in [2.75, 3.05) is 5.32 Å². The minimum absolute atomic E-state index is 0.274. The molecule has 0 bridgehead atoms. The standard InChI is InChI=1S/C23H19ClN4O/c1-15-13-21(25-20-10-6-4-8-18(15)20)28-22(14-16(2)27-28)26-23(29)12-11-17-7-3-5-9-19(17)24/h3-14H,1-2H3,(H,26,29)/b12-11+. The highest BCUT2D eigenvalue weighted by atomic mass is 35.5. The fourth-order valence-corrected chi connectivity index (χ4v) is 3.35. The minimum Gasteiger partial charge on any atom is -0.307 e. The van der Waals surface area contributed by atoms with E-state index in [0.717, 1.165) is 27.7 Å². The van der Waals surface area contributed by atoms with Crippen LogP contribution in [0.4, 0.5) is 5.82 Å². The normalized spacial score (nSPS) is 11.3. The van der Waals surface area contributed by atoms with E-state index in [1.165, 1.54) is 6.08 Å². The number of aromatic nitrogens is 3. The van der Waals surface area contributed by atoms with E-state index in [-0.39, 0.29) is 5.91 Å². The number of hydrogen-bond acceptors (Lipinski definition) is 3. The Hall–Kier alpha value is -3.44. The Bertz CT molecular complexity index is 1240. The highest BCUT2D eigenvalue weighted by Crippen LogP contribution is 2.22. The largest absolute Gasteiger partial charge is 0.307 e. The molecule has 1 amide bonds. The van der Waals surface area contributed by atoms with Crippen LogP contribution in [0.3, 0.4) is 0 Å². The highest BCUT2D eigenvalue weighted by Gasteiger charge is 2.12. The molecule has 0 aliphatic heterocycles. The second kappa shape index (κ2) is 7.89. The molecule has 2 aromatic carbocycles. The van der Waals surface area contributed by atoms with E-state index in [1.54, 1.807) is 16.8 Å². The van der Waals surface area contributed by atoms with Gasteiger partial charge in [-0.3, -0.25) is 4.79 Å². The lowest BCUT2D eigenvalue weighted by Gasteiger charge is -2.10. The van der Waals surface area contributed by atoms with E-state index in [2.05, 4.69) is 10.4 Å². The summed E-state index contributed by atoms with van der Waals surface area (Å²) in [6, 6.07) is 19.1. The Kier molecular flexibility index (Phi) is 5.14. The van der Waals surface area contributed by atoms with Crippen molar-refractivity contribution >= 4 is 40.3 Å². The summed E-state index contributed by atoms with van der Waals surface area (Å²) in [5.41, 5.74) is 3.53. The summed E-state index contributed by atoms with van der Waals surface area (Å²) in [7, 11) is 0. The summed E-state index contributed by atoms with van der Waals surface area (Å²) >= 11 is 6.13. The molecule has 6 heteroatoms. The molecule has 4 rings (SSSR count). The lowest BCUT2D eigenvalue weighted by molar-refractivity contribution is -0.111. The number of halogens is 1. The van der Waals surface area contributed by atoms with Crippen LogP contribution in [-0.2, 0) is 4.79 Å². The molecule has 0 aliphatic rings. The molecule has 0 unspecified atom stereocenters. The van der Waals surface area contributed by atoms with Crippen LogP contribution in [0.1, 0.15) is 16.8 Å². The smallest absolute Gasteiger partial charge is 0.249 e. The van der Waals surface area contributed by atoms with Gasteiger partial charge in [0, 0.05) is 22.6 Å². The molecule has 2 aromatic heterocycles. The lowest BCUT2D eigenvalue weighted by atomic mass is 10.1. The first-order valence-corrected chi connectivity index (χ1v) is 9.56. The van der Waals surface area contributed by atoms with Gasteiger partial charge in [-0.1, -0.05) is 48.0 Å². The molecule has 5 nitrogen and oxygen atoms in total. The minimum atomic E-state index is -0.274. The zero-order chi connectivity index (χ0) is 20.4. The Balaban J connectivity index is 1.64. The zero-order valence-electron chi connectivity index (χ0n) is 16.1. The van der Waals surface area contributed by atoms with Crippen LogP contribution in [0.2, 0.25) is 5.02 Å². The van der Waals surface area contributed by atoms with Crippen LogP contribution >= 0.6 is 11.6 Å². The summed E-state index contributed by atoms with van der Waals surface area (Å²) in [5, 5.41) is 9.07. The fourth-order valence-electron chi connectivity index (χ4n) is 3.15. The molecule has 29 heavy (non-hydrogen) atoms. The average Bonchev–Trinajstić information content (AvgIpc) is 3.07. The van der Waals surface area contributed by atoms with Gasteiger partial charge in [-0.05, 0) is 49.2 Å². The number of pyridine rings is 1. The van der Waals surface area contributed by atoms with E-state index < -0.39 is 0 Å². The molecular formula is C23H19ClN4O. The van der Waals surface area contributed by atoms with Gasteiger partial charge in [-0.2, -0.15) is 9.78 Å². The van der Waals surface area contributed by atoms with Crippen molar-refractivity contribution in [3.8, 4) is 5.82 Å². The van der Waals surface area contributed by atoms with Gasteiger partial charge in [-0.15, -0.1) is 0 Å². The Morgan fingerprint density at radius 2 is 1.83 bits per heavy atom. The molecule has 4 aromatic rings. The van der Waals surface area contributed by atoms with Crippen molar-refractivity contribution < 1.29 is 4.79 Å². The summed E-state index contributed by atoms with van der Waals surface area (Å²) < 4.78 is 1.65. The number of hydrogen-bond donors (Lipinski definition) is 1. The second-order valence-corrected chi connectivity index (χ2v) is 7.15. The monoisotopic (exact) mass is 402 g/mol. The maximum absolute atomic E-state index is 12.5. The predicted molar refractivity (Wildman–Crippen MR) is 117 cm³/mol. The van der Waals surface area contributed by atoms with Crippen molar-refractivity contribution in [2.24, 2.45) is 0 Å². The van der Waals surface area contributed by atoms with Crippen molar-refractivity contribution in [3.63, 3.8) is 0 Å². The SMILES string of the molecule is Cc1cc(NC(=O)/C=C/c2ccccc2Cl)n(-c2cc(C)c3ccccc3n2)n1. The first-order valence-electron chi connectivity index (χ1n) is 9.18. The van der Waals surface area contributed by atoms with Gasteiger partial charge in [0.1, 0.15) is 5.82 Å². The molecule has 0 spiro atoms. The summed E-state index contributed by atoms with van der Waals surface area (Å²) in [4.78, 5) is 17.2. The van der Waals surface area contributed by atoms with Crippen LogP contribution < -0.4 is 5.32 Å². The van der Waals surface area contributed by atoms with Crippen LogP contribution in [0.25, 0.3) is 22.8 Å². The van der Waals surface area contributed by atoms with Crippen molar-refractivity contribution in [3.05, 3.63) is 88.6 Å². The number of carbonyl (C=O) groups excluding carboxylic acids is 1. The highest BCUT2D eigenvalue weighted by molar-refractivity contribution is 6.32. The van der Waals surface area contributed by atoms with Gasteiger partial charge in [-0.25, -0.2) is 4.98 Å². The Morgan fingerprint density at radius 3 is 2.66 bits per heavy atom. The van der Waals surface area contributed by atoms with E-state index in [1.807, 2.05) is 68.4 Å². The van der Waals surface area contributed by atoms with Crippen LogP contribution in [0, 0.1) is 13.8 Å². The van der Waals surface area contributed by atoms with Crippen LogP contribution in [0.15, 0.2) is 66.7 Å². The van der Waals surface area contributed by atoms with E-state index in [9.17, 15) is 4.79 Å². The molecule has 0 atom stereocenters. The number of benzene rings is 2. The van der Waals surface area contributed by atoms with Crippen LogP contribution in [0.5, 0.6) is 0 Å². The number of aryl methyl sites for hydroxylation is 2. The quantitative estimate of drug-likeness (QED) is 0.468. The number of amides is 1. The number of nitrogens with zero attached hydrogens (tertiary/aromatic N) is 3. The van der Waals surface area contributed by atoms with Gasteiger partial charge in [0.2, 0.25) is 5.91 Å². The number of carbonyl (C=O) groups is 1. The molecule has 0 fully saturated rings. The first kappa shape index (κ1) is 18.9. The molecular weight excluding hydrogens is 384 g/mol. The van der Waals surface area contributed by atoms with Crippen molar-refractivity contribution in [1.82, 2.24) is 14.8 Å². The predicted octanol–water partition coefficient (Wildman–Crippen LogP) is 5.34. The Labute approximate surface area is 173 Å². The van der Waals surface area contributed by atoms with Gasteiger partial charge in [0.05, 0.1) is 11.2 Å². The Morgan fingerprint density at radius 1 is 1.07 bits per heavy atom. The number of nitrogens with one attached hydrogen (secondary N) is 1. The molecule has 2 heterocycles. The third kappa shape index (κ3) is 4.05. The number of fused-ring (bicyclic) bond motifs is 1. The van der Waals surface area contributed by atoms with Crippen molar-refractivity contribution in [2.45, 2.75) is 13.8 Å². The number of anilines is 1. The van der Waals surface area contributed by atoms with Gasteiger partial charge >= 0.3 is 0 Å². The lowest BCUT2D eigenvalue weighted by Crippen LogP contribution is -2.13. The van der Waals surface area contributed by atoms with E-state index >= 15 is 0 Å². The zero-order valence-corrected chi connectivity index (χ0v) is 16.8. The molecule has 0 saturated carbocycles. The fraction of sp³-hybridized carbons (Fsp3) is 0.0870. The maximum Gasteiger partial charge on any atom is 0.249 e. The molecule has 1 N–H and O–H groups in total. The third-order valence-corrected chi connectivity index (χ3v) is 4.87. The molecule has 0 radical (unpaired) electrons. The van der Waals surface area contributed by atoms with Gasteiger partial charge in [0.25, 0.3) is 0 Å². The van der Waals surface area contributed by atoms with Gasteiger partial charge in [0.15, 0.2) is 5.82 Å².